The average molecular weight is 374 g/mol. The Hall–Kier alpha value is -2.76. The molecule has 2 aliphatic heterocycles. The number of benzene rings is 2. The van der Waals surface area contributed by atoms with E-state index < -0.39 is 11.7 Å². The molecule has 0 saturated heterocycles. The van der Waals surface area contributed by atoms with Crippen LogP contribution in [0.3, 0.4) is 0 Å². The normalized spacial score (nSPS) is 19.7. The SMILES string of the molecule is Fc1ccc(N2CCC3=C(CNC=C3)C2c2ccc(C(F)(F)F)cc2)cc1. The maximum atomic E-state index is 13.3. The van der Waals surface area contributed by atoms with Crippen molar-refractivity contribution in [1.29, 1.82) is 0 Å². The van der Waals surface area contributed by atoms with Crippen molar-refractivity contribution < 1.29 is 17.6 Å². The van der Waals surface area contributed by atoms with Crippen LogP contribution in [-0.4, -0.2) is 13.1 Å². The average Bonchev–Trinajstić information content (AvgIpc) is 2.67. The number of anilines is 1. The van der Waals surface area contributed by atoms with E-state index in [-0.39, 0.29) is 11.9 Å². The van der Waals surface area contributed by atoms with Crippen LogP contribution < -0.4 is 10.2 Å². The number of nitrogens with zero attached hydrogens (tertiary/aromatic N) is 1. The molecule has 0 aromatic heterocycles. The fraction of sp³-hybridized carbons (Fsp3) is 0.238. The molecule has 2 aromatic rings. The zero-order valence-electron chi connectivity index (χ0n) is 14.4. The van der Waals surface area contributed by atoms with Gasteiger partial charge in [0, 0.05) is 18.8 Å². The number of halogens is 4. The van der Waals surface area contributed by atoms with Gasteiger partial charge in [-0.05, 0) is 71.8 Å². The molecule has 4 rings (SSSR count). The molecular formula is C21H18F4N2. The summed E-state index contributed by atoms with van der Waals surface area (Å²) in [5, 5.41) is 3.20. The van der Waals surface area contributed by atoms with Crippen LogP contribution in [0.25, 0.3) is 0 Å². The summed E-state index contributed by atoms with van der Waals surface area (Å²) in [4.78, 5) is 2.13. The predicted octanol–water partition coefficient (Wildman–Crippen LogP) is 5.21. The molecule has 0 amide bonds. The molecule has 0 bridgehead atoms. The summed E-state index contributed by atoms with van der Waals surface area (Å²) in [5.41, 5.74) is 3.31. The molecule has 27 heavy (non-hydrogen) atoms. The van der Waals surface area contributed by atoms with Gasteiger partial charge in [0.1, 0.15) is 5.82 Å². The van der Waals surface area contributed by atoms with Gasteiger partial charge < -0.3 is 10.2 Å². The summed E-state index contributed by atoms with van der Waals surface area (Å²) in [5.74, 6) is -0.316. The molecule has 0 spiro atoms. The van der Waals surface area contributed by atoms with Crippen molar-refractivity contribution in [2.75, 3.05) is 18.0 Å². The second-order valence-corrected chi connectivity index (χ2v) is 6.71. The van der Waals surface area contributed by atoms with Gasteiger partial charge in [-0.15, -0.1) is 0 Å². The first-order valence-corrected chi connectivity index (χ1v) is 8.75. The third-order valence-corrected chi connectivity index (χ3v) is 5.08. The van der Waals surface area contributed by atoms with Crippen molar-refractivity contribution in [1.82, 2.24) is 5.32 Å². The van der Waals surface area contributed by atoms with Gasteiger partial charge in [-0.1, -0.05) is 12.1 Å². The fourth-order valence-electron chi connectivity index (χ4n) is 3.77. The lowest BCUT2D eigenvalue weighted by molar-refractivity contribution is -0.137. The van der Waals surface area contributed by atoms with E-state index in [0.717, 1.165) is 35.4 Å². The van der Waals surface area contributed by atoms with Crippen LogP contribution >= 0.6 is 0 Å². The predicted molar refractivity (Wildman–Crippen MR) is 96.7 cm³/mol. The Morgan fingerprint density at radius 1 is 0.963 bits per heavy atom. The molecule has 1 atom stereocenters. The van der Waals surface area contributed by atoms with Crippen molar-refractivity contribution in [3.63, 3.8) is 0 Å². The highest BCUT2D eigenvalue weighted by atomic mass is 19.4. The molecular weight excluding hydrogens is 356 g/mol. The van der Waals surface area contributed by atoms with Gasteiger partial charge in [0.2, 0.25) is 0 Å². The first-order valence-electron chi connectivity index (χ1n) is 8.75. The Morgan fingerprint density at radius 3 is 2.33 bits per heavy atom. The number of allylic oxidation sites excluding steroid dienone is 1. The zero-order valence-corrected chi connectivity index (χ0v) is 14.4. The third-order valence-electron chi connectivity index (χ3n) is 5.08. The highest BCUT2D eigenvalue weighted by Crippen LogP contribution is 2.40. The van der Waals surface area contributed by atoms with Crippen LogP contribution in [0.5, 0.6) is 0 Å². The van der Waals surface area contributed by atoms with Crippen LogP contribution in [0.15, 0.2) is 72.0 Å². The molecule has 0 radical (unpaired) electrons. The molecule has 2 aliphatic rings. The zero-order chi connectivity index (χ0) is 19.0. The fourth-order valence-corrected chi connectivity index (χ4v) is 3.77. The van der Waals surface area contributed by atoms with Gasteiger partial charge in [0.15, 0.2) is 0 Å². The number of hydrogen-bond acceptors (Lipinski definition) is 2. The van der Waals surface area contributed by atoms with Gasteiger partial charge in [-0.25, -0.2) is 4.39 Å². The van der Waals surface area contributed by atoms with Crippen LogP contribution in [0.1, 0.15) is 23.6 Å². The first-order chi connectivity index (χ1) is 12.9. The van der Waals surface area contributed by atoms with Gasteiger partial charge in [-0.2, -0.15) is 13.2 Å². The second-order valence-electron chi connectivity index (χ2n) is 6.71. The van der Waals surface area contributed by atoms with Crippen molar-refractivity contribution in [3.05, 3.63) is 88.9 Å². The Balaban J connectivity index is 1.77. The van der Waals surface area contributed by atoms with Crippen LogP contribution in [0.4, 0.5) is 23.2 Å². The third kappa shape index (κ3) is 3.44. The van der Waals surface area contributed by atoms with E-state index in [4.69, 9.17) is 0 Å². The summed E-state index contributed by atoms with van der Waals surface area (Å²) in [6, 6.07) is 11.4. The lowest BCUT2D eigenvalue weighted by atomic mass is 9.86. The number of hydrogen-bond donors (Lipinski definition) is 1. The van der Waals surface area contributed by atoms with E-state index in [9.17, 15) is 17.6 Å². The molecule has 0 saturated carbocycles. The minimum Gasteiger partial charge on any atom is -0.387 e. The molecule has 0 aliphatic carbocycles. The quantitative estimate of drug-likeness (QED) is 0.726. The van der Waals surface area contributed by atoms with Gasteiger partial charge in [0.05, 0.1) is 11.6 Å². The van der Waals surface area contributed by atoms with Crippen LogP contribution in [0.2, 0.25) is 0 Å². The molecule has 6 heteroatoms. The molecule has 2 nitrogen and oxygen atoms in total. The lowest BCUT2D eigenvalue weighted by Gasteiger charge is -2.41. The van der Waals surface area contributed by atoms with Crippen molar-refractivity contribution in [2.45, 2.75) is 18.6 Å². The second kappa shape index (κ2) is 6.76. The Bertz CT molecular complexity index is 880. The topological polar surface area (TPSA) is 15.3 Å². The van der Waals surface area contributed by atoms with E-state index in [1.165, 1.54) is 29.8 Å². The number of rotatable bonds is 2. The van der Waals surface area contributed by atoms with E-state index in [1.807, 2.05) is 12.3 Å². The molecule has 1 unspecified atom stereocenters. The van der Waals surface area contributed by atoms with E-state index in [1.54, 1.807) is 12.1 Å². The highest BCUT2D eigenvalue weighted by Gasteiger charge is 2.33. The van der Waals surface area contributed by atoms with E-state index >= 15 is 0 Å². The van der Waals surface area contributed by atoms with Crippen LogP contribution in [-0.2, 0) is 6.18 Å². The first kappa shape index (κ1) is 17.6. The largest absolute Gasteiger partial charge is 0.416 e. The minimum absolute atomic E-state index is 0.195. The molecule has 1 N–H and O–H groups in total. The van der Waals surface area contributed by atoms with Gasteiger partial charge in [-0.3, -0.25) is 0 Å². The molecule has 2 heterocycles. The van der Waals surface area contributed by atoms with Gasteiger partial charge in [0.25, 0.3) is 0 Å². The minimum atomic E-state index is -4.36. The highest BCUT2D eigenvalue weighted by molar-refractivity contribution is 5.56. The molecule has 2 aromatic carbocycles. The standard InChI is InChI=1S/C21H18F4N2/c22-17-5-7-18(8-6-17)27-12-10-14-9-11-26-13-19(14)20(27)15-1-3-16(4-2-15)21(23,24)25/h1-9,11,20,26H,10,12-13H2. The summed E-state index contributed by atoms with van der Waals surface area (Å²) in [6.45, 7) is 1.34. The summed E-state index contributed by atoms with van der Waals surface area (Å²) in [6.07, 6.45) is 0.400. The number of dihydropyridines is 1. The maximum absolute atomic E-state index is 13.3. The Labute approximate surface area is 154 Å². The number of alkyl halides is 3. The smallest absolute Gasteiger partial charge is 0.387 e. The summed E-state index contributed by atoms with van der Waals surface area (Å²) < 4.78 is 52.2. The van der Waals surface area contributed by atoms with Crippen molar-refractivity contribution >= 4 is 5.69 Å². The maximum Gasteiger partial charge on any atom is 0.416 e. The molecule has 0 fully saturated rings. The summed E-state index contributed by atoms with van der Waals surface area (Å²) >= 11 is 0. The monoisotopic (exact) mass is 374 g/mol. The van der Waals surface area contributed by atoms with Gasteiger partial charge >= 0.3 is 6.18 Å². The van der Waals surface area contributed by atoms with Crippen molar-refractivity contribution in [2.24, 2.45) is 0 Å². The molecule has 140 valence electrons. The van der Waals surface area contributed by atoms with E-state index in [0.29, 0.717) is 13.1 Å². The lowest BCUT2D eigenvalue weighted by Crippen LogP contribution is -2.38. The Kier molecular flexibility index (Phi) is 4.42. The summed E-state index contributed by atoms with van der Waals surface area (Å²) in [7, 11) is 0. The van der Waals surface area contributed by atoms with Crippen molar-refractivity contribution in [3.8, 4) is 0 Å². The number of nitrogens with one attached hydrogen (secondary N) is 1. The van der Waals surface area contributed by atoms with E-state index in [2.05, 4.69) is 10.2 Å². The van der Waals surface area contributed by atoms with Crippen LogP contribution in [0, 0.1) is 5.82 Å². The Morgan fingerprint density at radius 2 is 1.67 bits per heavy atom.